The zero-order valence-electron chi connectivity index (χ0n) is 24.3. The fraction of sp³-hybridized carbons (Fsp3) is 0.400. The number of rotatable bonds is 8. The maximum absolute atomic E-state index is 13.1. The molecular weight excluding hydrogens is 651 g/mol. The summed E-state index contributed by atoms with van der Waals surface area (Å²) in [5.74, 6) is -0.621. The van der Waals surface area contributed by atoms with Gasteiger partial charge in [0.15, 0.2) is 0 Å². The number of nitrogens with one attached hydrogen (secondary N) is 2. The number of fused-ring (bicyclic) bond motifs is 2. The standard InChI is InChI=1S/C30H35IN6O5/c1-16-19-12-21-22(13-23(19)42-27(40)24(16)25(32)38)36(15-17-7-6-8-18(31)11-17)28(35-21)34-10-9-33-26(39)20-14-29(2,3)37(41)30(20,4)5/h6-8,11-13,20,41H,9-10,14-15H2,1-5H3,(H2,32,38)(H,33,39)(H,34,35)/p+1. The molecule has 1 aliphatic heterocycles. The lowest BCUT2D eigenvalue weighted by Crippen LogP contribution is -2.50. The Labute approximate surface area is 256 Å². The van der Waals surface area contributed by atoms with Gasteiger partial charge < -0.3 is 30.6 Å². The molecule has 1 atom stereocenters. The number of nitrogens with two attached hydrogens (primary N) is 1. The number of halogens is 1. The second kappa shape index (κ2) is 11.0. The lowest BCUT2D eigenvalue weighted by molar-refractivity contribution is -0.197. The van der Waals surface area contributed by atoms with Gasteiger partial charge in [0, 0.05) is 28.1 Å². The van der Waals surface area contributed by atoms with Crippen molar-refractivity contribution in [1.29, 1.82) is 0 Å². The Morgan fingerprint density at radius 3 is 2.57 bits per heavy atom. The molecule has 12 heteroatoms. The average molecular weight is 688 g/mol. The van der Waals surface area contributed by atoms with E-state index in [2.05, 4.69) is 39.3 Å². The largest absolute Gasteiger partial charge is 0.422 e. The van der Waals surface area contributed by atoms with Crippen LogP contribution in [0.4, 0.5) is 5.95 Å². The van der Waals surface area contributed by atoms with Gasteiger partial charge in [-0.15, -0.1) is 0 Å². The van der Waals surface area contributed by atoms with Crippen molar-refractivity contribution in [2.45, 2.75) is 58.7 Å². The molecule has 4 aromatic rings. The van der Waals surface area contributed by atoms with Crippen molar-refractivity contribution in [2.75, 3.05) is 18.4 Å². The third-order valence-electron chi connectivity index (χ3n) is 8.27. The van der Waals surface area contributed by atoms with E-state index >= 15 is 0 Å². The zero-order valence-corrected chi connectivity index (χ0v) is 26.5. The van der Waals surface area contributed by atoms with Crippen LogP contribution in [0, 0.1) is 16.4 Å². The molecule has 2 amide bonds. The molecule has 5 rings (SSSR count). The Hall–Kier alpha value is -3.49. The van der Waals surface area contributed by atoms with Crippen LogP contribution in [-0.2, 0) is 11.3 Å². The number of anilines is 1. The summed E-state index contributed by atoms with van der Waals surface area (Å²) in [6.07, 6.45) is 0.606. The number of hydroxylamine groups is 2. The van der Waals surface area contributed by atoms with Crippen LogP contribution in [0.1, 0.15) is 55.6 Å². The second-order valence-corrected chi connectivity index (χ2v) is 13.3. The lowest BCUT2D eigenvalue weighted by atomic mass is 9.86. The van der Waals surface area contributed by atoms with E-state index in [0.717, 1.165) is 14.7 Å². The van der Waals surface area contributed by atoms with Gasteiger partial charge >= 0.3 is 5.63 Å². The Morgan fingerprint density at radius 2 is 1.93 bits per heavy atom. The smallest absolute Gasteiger partial charge is 0.349 e. The molecule has 0 saturated carbocycles. The quantitative estimate of drug-likeness (QED) is 0.111. The third-order valence-corrected chi connectivity index (χ3v) is 8.94. The molecule has 6 N–H and O–H groups in total. The number of benzene rings is 2. The predicted molar refractivity (Wildman–Crippen MR) is 171 cm³/mol. The first-order chi connectivity index (χ1) is 19.7. The van der Waals surface area contributed by atoms with E-state index in [1.165, 1.54) is 5.06 Å². The number of carbonyl (C=O) groups is 2. The van der Waals surface area contributed by atoms with Crippen LogP contribution < -0.4 is 22.0 Å². The molecule has 2 aromatic carbocycles. The van der Waals surface area contributed by atoms with Gasteiger partial charge in [-0.05, 0) is 93.0 Å². The van der Waals surface area contributed by atoms with Gasteiger partial charge in [0.2, 0.25) is 11.9 Å². The molecule has 1 saturated heterocycles. The van der Waals surface area contributed by atoms with Crippen LogP contribution in [0.25, 0.3) is 22.0 Å². The molecule has 11 nitrogen and oxygen atoms in total. The number of hydrogen-bond acceptors (Lipinski definition) is 7. The minimum Gasteiger partial charge on any atom is -0.422 e. The molecule has 3 heterocycles. The van der Waals surface area contributed by atoms with Crippen LogP contribution >= 0.6 is 22.6 Å². The first-order valence-electron chi connectivity index (χ1n) is 13.8. The molecule has 0 spiro atoms. The van der Waals surface area contributed by atoms with E-state index in [0.29, 0.717) is 54.1 Å². The van der Waals surface area contributed by atoms with Crippen LogP contribution in [0.15, 0.2) is 45.6 Å². The minimum absolute atomic E-state index is 0.0704. The normalized spacial score (nSPS) is 18.0. The Bertz CT molecular complexity index is 1780. The molecule has 0 aliphatic carbocycles. The van der Waals surface area contributed by atoms with Gasteiger partial charge in [0.05, 0.1) is 34.6 Å². The summed E-state index contributed by atoms with van der Waals surface area (Å²) in [5, 5.41) is 17.0. The molecule has 42 heavy (non-hydrogen) atoms. The molecule has 1 fully saturated rings. The number of aromatic nitrogens is 2. The minimum atomic E-state index is -0.836. The van der Waals surface area contributed by atoms with Crippen LogP contribution in [0.5, 0.6) is 0 Å². The van der Waals surface area contributed by atoms with E-state index in [1.807, 2.05) is 50.5 Å². The summed E-state index contributed by atoms with van der Waals surface area (Å²) in [5.41, 5.74) is 6.77. The van der Waals surface area contributed by atoms with Crippen molar-refractivity contribution in [3.8, 4) is 0 Å². The maximum atomic E-state index is 13.1. The highest BCUT2D eigenvalue weighted by atomic mass is 127. The molecular formula is C30H36IN6O5+. The Balaban J connectivity index is 1.44. The second-order valence-electron chi connectivity index (χ2n) is 12.0. The predicted octanol–water partition coefficient (Wildman–Crippen LogP) is 3.25. The van der Waals surface area contributed by atoms with Crippen LogP contribution in [0.2, 0.25) is 0 Å². The molecule has 2 aromatic heterocycles. The Morgan fingerprint density at radius 1 is 1.19 bits per heavy atom. The van der Waals surface area contributed by atoms with Crippen molar-refractivity contribution in [1.82, 2.24) is 19.9 Å². The highest BCUT2D eigenvalue weighted by Crippen LogP contribution is 2.43. The summed E-state index contributed by atoms with van der Waals surface area (Å²) in [6, 6.07) is 11.7. The number of amides is 2. The van der Waals surface area contributed by atoms with E-state index in [4.69, 9.17) is 20.3 Å². The first kappa shape index (κ1) is 30.0. The zero-order chi connectivity index (χ0) is 30.6. The summed E-state index contributed by atoms with van der Waals surface area (Å²) in [7, 11) is 0. The SMILES string of the molecule is Cc1c(C(N)=O)c(=O)oc2cc3c(cc12)nc(NCCNC(=O)C1CC(C)(C)N([OH2+])C1(C)C)n3Cc1cccc(I)c1. The molecule has 0 bridgehead atoms. The van der Waals surface area contributed by atoms with Gasteiger partial charge in [0.1, 0.15) is 11.1 Å². The topological polar surface area (TPSA) is 158 Å². The molecule has 1 unspecified atom stereocenters. The third kappa shape index (κ3) is 5.38. The van der Waals surface area contributed by atoms with E-state index in [1.54, 1.807) is 19.1 Å². The summed E-state index contributed by atoms with van der Waals surface area (Å²) in [4.78, 5) is 42.4. The fourth-order valence-corrected chi connectivity index (χ4v) is 6.65. The summed E-state index contributed by atoms with van der Waals surface area (Å²) in [6.45, 7) is 10.8. The van der Waals surface area contributed by atoms with Gasteiger partial charge in [0.25, 0.3) is 5.91 Å². The van der Waals surface area contributed by atoms with Crippen molar-refractivity contribution >= 4 is 62.4 Å². The Kier molecular flexibility index (Phi) is 7.83. The first-order valence-corrected chi connectivity index (χ1v) is 14.8. The summed E-state index contributed by atoms with van der Waals surface area (Å²) < 4.78 is 8.60. The number of aryl methyl sites for hydroxylation is 1. The van der Waals surface area contributed by atoms with E-state index < -0.39 is 17.1 Å². The number of hydrogen-bond donors (Lipinski definition) is 3. The number of carbonyl (C=O) groups excluding carboxylic acids is 2. The fourth-order valence-electron chi connectivity index (χ4n) is 6.04. The number of imidazole rings is 1. The summed E-state index contributed by atoms with van der Waals surface area (Å²) >= 11 is 2.27. The lowest BCUT2D eigenvalue weighted by Gasteiger charge is -2.30. The molecule has 0 radical (unpaired) electrons. The monoisotopic (exact) mass is 687 g/mol. The van der Waals surface area contributed by atoms with Crippen molar-refractivity contribution in [3.05, 3.63) is 67.1 Å². The van der Waals surface area contributed by atoms with E-state index in [-0.39, 0.29) is 22.9 Å². The van der Waals surface area contributed by atoms with Crippen molar-refractivity contribution in [3.63, 3.8) is 0 Å². The van der Waals surface area contributed by atoms with E-state index in [9.17, 15) is 14.4 Å². The highest BCUT2D eigenvalue weighted by molar-refractivity contribution is 14.1. The molecule has 222 valence electrons. The highest BCUT2D eigenvalue weighted by Gasteiger charge is 2.57. The number of primary amides is 1. The van der Waals surface area contributed by atoms with Crippen LogP contribution in [-0.4, -0.2) is 55.8 Å². The molecule has 1 aliphatic rings. The average Bonchev–Trinajstić information content (AvgIpc) is 3.31. The van der Waals surface area contributed by atoms with Gasteiger partial charge in [-0.25, -0.2) is 9.78 Å². The van der Waals surface area contributed by atoms with Crippen LogP contribution in [0.3, 0.4) is 0 Å². The van der Waals surface area contributed by atoms with Crippen molar-refractivity contribution < 1.29 is 19.2 Å². The van der Waals surface area contributed by atoms with Gasteiger partial charge in [-0.1, -0.05) is 17.2 Å². The van der Waals surface area contributed by atoms with Crippen molar-refractivity contribution in [2.24, 2.45) is 11.7 Å². The van der Waals surface area contributed by atoms with Gasteiger partial charge in [-0.3, -0.25) is 9.59 Å². The number of nitrogens with zero attached hydrogens (tertiary/aromatic N) is 3. The maximum Gasteiger partial charge on any atom is 0.349 e. The van der Waals surface area contributed by atoms with Gasteiger partial charge in [-0.2, -0.15) is 0 Å².